The number of rotatable bonds is 7. The maximum absolute atomic E-state index is 12.1. The molecule has 106 valence electrons. The monoisotopic (exact) mass is 255 g/mol. The van der Waals surface area contributed by atoms with Gasteiger partial charge in [-0.15, -0.1) is 0 Å². The molecular formula is C14H29N3O. The fourth-order valence-corrected chi connectivity index (χ4v) is 2.29. The van der Waals surface area contributed by atoms with E-state index in [9.17, 15) is 4.79 Å². The largest absolute Gasteiger partial charge is 0.341 e. The van der Waals surface area contributed by atoms with Gasteiger partial charge >= 0.3 is 0 Å². The van der Waals surface area contributed by atoms with E-state index in [0.717, 1.165) is 32.5 Å². The summed E-state index contributed by atoms with van der Waals surface area (Å²) in [5.41, 5.74) is 0. The Balaban J connectivity index is 2.26. The summed E-state index contributed by atoms with van der Waals surface area (Å²) in [5.74, 6) is 0.288. The van der Waals surface area contributed by atoms with Crippen molar-refractivity contribution >= 4 is 5.91 Å². The molecule has 4 nitrogen and oxygen atoms in total. The standard InChI is InChI=1S/C14H29N3O/c1-11(2)15-13-7-10-17(14(13)18)9-6-8-16(5)12(3)4/h11-13,15H,6-10H2,1-5H3. The van der Waals surface area contributed by atoms with Crippen molar-refractivity contribution in [2.75, 3.05) is 26.7 Å². The van der Waals surface area contributed by atoms with E-state index in [2.05, 4.69) is 45.0 Å². The molecule has 1 aliphatic heterocycles. The third-order valence-electron chi connectivity index (χ3n) is 3.65. The molecule has 1 N–H and O–H groups in total. The van der Waals surface area contributed by atoms with Crippen LogP contribution in [0.2, 0.25) is 0 Å². The number of hydrogen-bond donors (Lipinski definition) is 1. The van der Waals surface area contributed by atoms with Gasteiger partial charge in [-0.25, -0.2) is 0 Å². The molecule has 0 radical (unpaired) electrons. The van der Waals surface area contributed by atoms with Crippen LogP contribution in [0.5, 0.6) is 0 Å². The first-order valence-corrected chi connectivity index (χ1v) is 7.17. The maximum Gasteiger partial charge on any atom is 0.239 e. The molecule has 0 saturated carbocycles. The highest BCUT2D eigenvalue weighted by molar-refractivity contribution is 5.83. The Morgan fingerprint density at radius 1 is 1.39 bits per heavy atom. The molecule has 0 aromatic carbocycles. The third kappa shape index (κ3) is 4.58. The van der Waals surface area contributed by atoms with E-state index in [1.807, 2.05) is 4.90 Å². The molecule has 0 aromatic heterocycles. The van der Waals surface area contributed by atoms with Crippen molar-refractivity contribution in [3.63, 3.8) is 0 Å². The van der Waals surface area contributed by atoms with Crippen molar-refractivity contribution in [3.05, 3.63) is 0 Å². The van der Waals surface area contributed by atoms with E-state index in [1.54, 1.807) is 0 Å². The van der Waals surface area contributed by atoms with Gasteiger partial charge in [0.15, 0.2) is 0 Å². The minimum absolute atomic E-state index is 0.0489. The summed E-state index contributed by atoms with van der Waals surface area (Å²) in [4.78, 5) is 16.4. The highest BCUT2D eigenvalue weighted by atomic mass is 16.2. The van der Waals surface area contributed by atoms with Gasteiger partial charge < -0.3 is 15.1 Å². The van der Waals surface area contributed by atoms with Crippen molar-refractivity contribution in [3.8, 4) is 0 Å². The molecule has 1 heterocycles. The topological polar surface area (TPSA) is 35.6 Å². The molecule has 1 aliphatic rings. The van der Waals surface area contributed by atoms with Crippen LogP contribution < -0.4 is 5.32 Å². The number of nitrogens with zero attached hydrogens (tertiary/aromatic N) is 2. The van der Waals surface area contributed by atoms with Crippen molar-refractivity contribution in [2.24, 2.45) is 0 Å². The summed E-state index contributed by atoms with van der Waals surface area (Å²) < 4.78 is 0. The van der Waals surface area contributed by atoms with E-state index in [0.29, 0.717) is 12.1 Å². The second-order valence-electron chi connectivity index (χ2n) is 5.92. The van der Waals surface area contributed by atoms with Crippen LogP contribution in [0.25, 0.3) is 0 Å². The smallest absolute Gasteiger partial charge is 0.239 e. The van der Waals surface area contributed by atoms with Gasteiger partial charge in [-0.05, 0) is 40.3 Å². The highest BCUT2D eigenvalue weighted by Gasteiger charge is 2.31. The number of carbonyl (C=O) groups is 1. The molecule has 0 spiro atoms. The van der Waals surface area contributed by atoms with E-state index in [4.69, 9.17) is 0 Å². The predicted molar refractivity (Wildman–Crippen MR) is 75.6 cm³/mol. The van der Waals surface area contributed by atoms with E-state index < -0.39 is 0 Å². The molecule has 18 heavy (non-hydrogen) atoms. The Bertz CT molecular complexity index is 266. The first-order chi connectivity index (χ1) is 8.41. The fourth-order valence-electron chi connectivity index (χ4n) is 2.29. The summed E-state index contributed by atoms with van der Waals surface area (Å²) in [6.45, 7) is 11.4. The fraction of sp³-hybridized carbons (Fsp3) is 0.929. The predicted octanol–water partition coefficient (Wildman–Crippen LogP) is 1.32. The van der Waals surface area contributed by atoms with Gasteiger partial charge in [0, 0.05) is 25.2 Å². The van der Waals surface area contributed by atoms with Gasteiger partial charge in [-0.3, -0.25) is 4.79 Å². The second kappa shape index (κ2) is 7.10. The van der Waals surface area contributed by atoms with Crippen molar-refractivity contribution in [2.45, 2.75) is 58.7 Å². The van der Waals surface area contributed by atoms with Crippen LogP contribution in [0.3, 0.4) is 0 Å². The van der Waals surface area contributed by atoms with Gasteiger partial charge in [0.05, 0.1) is 6.04 Å². The zero-order valence-corrected chi connectivity index (χ0v) is 12.6. The van der Waals surface area contributed by atoms with E-state index in [-0.39, 0.29) is 11.9 Å². The molecule has 4 heteroatoms. The molecule has 1 saturated heterocycles. The normalized spacial score (nSPS) is 20.8. The van der Waals surface area contributed by atoms with Crippen molar-refractivity contribution in [1.29, 1.82) is 0 Å². The summed E-state index contributed by atoms with van der Waals surface area (Å²) in [7, 11) is 2.14. The molecule has 1 fully saturated rings. The van der Waals surface area contributed by atoms with Gasteiger partial charge in [0.2, 0.25) is 5.91 Å². The lowest BCUT2D eigenvalue weighted by Crippen LogP contribution is -2.42. The van der Waals surface area contributed by atoms with Gasteiger partial charge in [0.25, 0.3) is 0 Å². The summed E-state index contributed by atoms with van der Waals surface area (Å²) in [5, 5.41) is 3.34. The molecule has 1 rings (SSSR count). The summed E-state index contributed by atoms with van der Waals surface area (Å²) in [6.07, 6.45) is 2.02. The first-order valence-electron chi connectivity index (χ1n) is 7.17. The van der Waals surface area contributed by atoms with Crippen LogP contribution in [0, 0.1) is 0 Å². The van der Waals surface area contributed by atoms with Gasteiger partial charge in [0.1, 0.15) is 0 Å². The number of carbonyl (C=O) groups excluding carboxylic acids is 1. The van der Waals surface area contributed by atoms with Crippen LogP contribution in [0.4, 0.5) is 0 Å². The second-order valence-corrected chi connectivity index (χ2v) is 5.92. The Hall–Kier alpha value is -0.610. The van der Waals surface area contributed by atoms with Crippen LogP contribution >= 0.6 is 0 Å². The Labute approximate surface area is 112 Å². The Morgan fingerprint density at radius 3 is 2.61 bits per heavy atom. The highest BCUT2D eigenvalue weighted by Crippen LogP contribution is 2.12. The Morgan fingerprint density at radius 2 is 2.06 bits per heavy atom. The quantitative estimate of drug-likeness (QED) is 0.745. The lowest BCUT2D eigenvalue weighted by Gasteiger charge is -2.23. The zero-order valence-electron chi connectivity index (χ0n) is 12.6. The van der Waals surface area contributed by atoms with E-state index >= 15 is 0 Å². The van der Waals surface area contributed by atoms with Crippen LogP contribution in [-0.4, -0.2) is 60.5 Å². The lowest BCUT2D eigenvalue weighted by atomic mass is 10.2. The average molecular weight is 255 g/mol. The third-order valence-corrected chi connectivity index (χ3v) is 3.65. The molecular weight excluding hydrogens is 226 g/mol. The first kappa shape index (κ1) is 15.4. The minimum Gasteiger partial charge on any atom is -0.341 e. The van der Waals surface area contributed by atoms with Crippen LogP contribution in [-0.2, 0) is 4.79 Å². The number of nitrogens with one attached hydrogen (secondary N) is 1. The average Bonchev–Trinajstić information content (AvgIpc) is 2.60. The van der Waals surface area contributed by atoms with Crippen LogP contribution in [0.1, 0.15) is 40.5 Å². The molecule has 1 atom stereocenters. The molecule has 1 unspecified atom stereocenters. The van der Waals surface area contributed by atoms with E-state index in [1.165, 1.54) is 0 Å². The molecule has 0 aliphatic carbocycles. The molecule has 0 aromatic rings. The van der Waals surface area contributed by atoms with Crippen molar-refractivity contribution < 1.29 is 4.79 Å². The minimum atomic E-state index is 0.0489. The van der Waals surface area contributed by atoms with Gasteiger partial charge in [-0.2, -0.15) is 0 Å². The molecule has 0 bridgehead atoms. The molecule has 1 amide bonds. The van der Waals surface area contributed by atoms with Crippen molar-refractivity contribution in [1.82, 2.24) is 15.1 Å². The number of likely N-dealkylation sites (tertiary alicyclic amines) is 1. The zero-order chi connectivity index (χ0) is 13.7. The maximum atomic E-state index is 12.1. The lowest BCUT2D eigenvalue weighted by molar-refractivity contribution is -0.129. The number of hydrogen-bond acceptors (Lipinski definition) is 3. The Kier molecular flexibility index (Phi) is 6.09. The number of amides is 1. The van der Waals surface area contributed by atoms with Gasteiger partial charge in [-0.1, -0.05) is 13.8 Å². The summed E-state index contributed by atoms with van der Waals surface area (Å²) in [6, 6.07) is 1.01. The SMILES string of the molecule is CC(C)NC1CCN(CCCN(C)C(C)C)C1=O. The summed E-state index contributed by atoms with van der Waals surface area (Å²) >= 11 is 0. The van der Waals surface area contributed by atoms with Crippen LogP contribution in [0.15, 0.2) is 0 Å².